The average molecular weight is 294 g/mol. The smallest absolute Gasteiger partial charge is 0.234 e. The van der Waals surface area contributed by atoms with E-state index in [0.717, 1.165) is 11.3 Å². The molecule has 1 unspecified atom stereocenters. The number of amides is 1. The largest absolute Gasteiger partial charge is 0.496 e. The first-order valence-corrected chi connectivity index (χ1v) is 7.06. The molecule has 1 atom stereocenters. The second kappa shape index (κ2) is 7.97. The molecule has 0 aliphatic carbocycles. The highest BCUT2D eigenvalue weighted by molar-refractivity contribution is 5.78. The van der Waals surface area contributed by atoms with Crippen molar-refractivity contribution >= 4 is 5.91 Å². The van der Waals surface area contributed by atoms with Gasteiger partial charge in [0.1, 0.15) is 5.75 Å². The Morgan fingerprint density at radius 1 is 1.52 bits per heavy atom. The van der Waals surface area contributed by atoms with Crippen LogP contribution >= 0.6 is 0 Å². The number of rotatable bonds is 6. The van der Waals surface area contributed by atoms with E-state index in [4.69, 9.17) is 14.6 Å². The van der Waals surface area contributed by atoms with Crippen molar-refractivity contribution in [3.05, 3.63) is 29.8 Å². The first-order valence-electron chi connectivity index (χ1n) is 7.06. The molecular weight excluding hydrogens is 272 g/mol. The number of aliphatic hydroxyl groups is 1. The van der Waals surface area contributed by atoms with Gasteiger partial charge in [-0.3, -0.25) is 9.69 Å². The highest BCUT2D eigenvalue weighted by Crippen LogP contribution is 2.16. The molecule has 0 spiro atoms. The van der Waals surface area contributed by atoms with Crippen LogP contribution in [0.25, 0.3) is 0 Å². The molecule has 2 rings (SSSR count). The summed E-state index contributed by atoms with van der Waals surface area (Å²) >= 11 is 0. The molecule has 0 bridgehead atoms. The summed E-state index contributed by atoms with van der Waals surface area (Å²) in [6.07, 6.45) is -0.194. The van der Waals surface area contributed by atoms with Gasteiger partial charge >= 0.3 is 0 Å². The molecule has 1 saturated heterocycles. The van der Waals surface area contributed by atoms with Gasteiger partial charge in [0, 0.05) is 25.2 Å². The molecule has 1 fully saturated rings. The van der Waals surface area contributed by atoms with Gasteiger partial charge in [0.25, 0.3) is 0 Å². The lowest BCUT2D eigenvalue weighted by Gasteiger charge is -2.31. The first kappa shape index (κ1) is 15.8. The van der Waals surface area contributed by atoms with Gasteiger partial charge in [0.05, 0.1) is 33.0 Å². The maximum atomic E-state index is 12.0. The third-order valence-electron chi connectivity index (χ3n) is 3.46. The summed E-state index contributed by atoms with van der Waals surface area (Å²) in [5.41, 5.74) is 0.948. The molecule has 1 amide bonds. The van der Waals surface area contributed by atoms with Crippen LogP contribution in [0.2, 0.25) is 0 Å². The fourth-order valence-corrected chi connectivity index (χ4v) is 2.34. The number of aliphatic hydroxyl groups excluding tert-OH is 1. The van der Waals surface area contributed by atoms with Crippen LogP contribution in [0.3, 0.4) is 0 Å². The minimum absolute atomic E-state index is 0.0146. The Hall–Kier alpha value is -1.63. The molecule has 1 aromatic carbocycles. The summed E-state index contributed by atoms with van der Waals surface area (Å²) in [4.78, 5) is 14.0. The lowest BCUT2D eigenvalue weighted by atomic mass is 10.2. The second-order valence-corrected chi connectivity index (χ2v) is 5.00. The van der Waals surface area contributed by atoms with Crippen molar-refractivity contribution in [1.29, 1.82) is 0 Å². The third kappa shape index (κ3) is 4.70. The van der Waals surface area contributed by atoms with Gasteiger partial charge in [0.2, 0.25) is 5.91 Å². The number of nitrogens with zero attached hydrogens (tertiary/aromatic N) is 1. The molecule has 116 valence electrons. The normalized spacial score (nSPS) is 19.2. The first-order chi connectivity index (χ1) is 10.2. The quantitative estimate of drug-likeness (QED) is 0.773. The van der Waals surface area contributed by atoms with Gasteiger partial charge < -0.3 is 19.9 Å². The molecule has 0 radical (unpaired) electrons. The predicted molar refractivity (Wildman–Crippen MR) is 78.1 cm³/mol. The van der Waals surface area contributed by atoms with E-state index in [1.165, 1.54) is 0 Å². The number of methoxy groups -OCH3 is 1. The third-order valence-corrected chi connectivity index (χ3v) is 3.46. The van der Waals surface area contributed by atoms with Gasteiger partial charge in [0.15, 0.2) is 0 Å². The number of para-hydroxylation sites is 1. The van der Waals surface area contributed by atoms with Gasteiger partial charge in [-0.15, -0.1) is 0 Å². The Bertz CT molecular complexity index is 467. The van der Waals surface area contributed by atoms with Crippen LogP contribution in [-0.2, 0) is 16.1 Å². The van der Waals surface area contributed by atoms with E-state index < -0.39 is 0 Å². The van der Waals surface area contributed by atoms with E-state index in [2.05, 4.69) is 5.32 Å². The number of carbonyl (C=O) groups excluding carboxylic acids is 1. The molecule has 1 aromatic rings. The van der Waals surface area contributed by atoms with Crippen molar-refractivity contribution in [2.24, 2.45) is 0 Å². The van der Waals surface area contributed by atoms with E-state index >= 15 is 0 Å². The number of hydrogen-bond donors (Lipinski definition) is 2. The highest BCUT2D eigenvalue weighted by Gasteiger charge is 2.21. The Balaban J connectivity index is 1.79. The van der Waals surface area contributed by atoms with Crippen molar-refractivity contribution in [1.82, 2.24) is 10.2 Å². The summed E-state index contributed by atoms with van der Waals surface area (Å²) in [7, 11) is 1.61. The molecule has 1 aliphatic rings. The molecule has 6 nitrogen and oxygen atoms in total. The Labute approximate surface area is 124 Å². The molecule has 0 aromatic heterocycles. The number of morpholine rings is 1. The molecule has 1 aliphatic heterocycles. The molecule has 6 heteroatoms. The fraction of sp³-hybridized carbons (Fsp3) is 0.533. The summed E-state index contributed by atoms with van der Waals surface area (Å²) in [5.74, 6) is 0.726. The van der Waals surface area contributed by atoms with Crippen LogP contribution in [0.4, 0.5) is 0 Å². The van der Waals surface area contributed by atoms with Gasteiger partial charge in [-0.1, -0.05) is 18.2 Å². The Kier molecular flexibility index (Phi) is 5.98. The predicted octanol–water partition coefficient (Wildman–Crippen LogP) is 0.00450. The van der Waals surface area contributed by atoms with Crippen LogP contribution in [0.5, 0.6) is 5.75 Å². The van der Waals surface area contributed by atoms with Crippen LogP contribution in [0.1, 0.15) is 5.56 Å². The van der Waals surface area contributed by atoms with Crippen LogP contribution in [0, 0.1) is 0 Å². The topological polar surface area (TPSA) is 71.0 Å². The van der Waals surface area contributed by atoms with Crippen molar-refractivity contribution in [2.45, 2.75) is 12.6 Å². The van der Waals surface area contributed by atoms with E-state index in [0.29, 0.717) is 32.8 Å². The maximum Gasteiger partial charge on any atom is 0.234 e. The maximum absolute atomic E-state index is 12.0. The summed E-state index contributed by atoms with van der Waals surface area (Å²) in [6.45, 7) is 2.58. The fourth-order valence-electron chi connectivity index (χ4n) is 2.34. The lowest BCUT2D eigenvalue weighted by Crippen LogP contribution is -2.47. The van der Waals surface area contributed by atoms with Crippen LogP contribution < -0.4 is 10.1 Å². The molecule has 21 heavy (non-hydrogen) atoms. The van der Waals surface area contributed by atoms with Crippen molar-refractivity contribution in [3.63, 3.8) is 0 Å². The van der Waals surface area contributed by atoms with E-state index in [1.807, 2.05) is 29.2 Å². The Morgan fingerprint density at radius 3 is 3.10 bits per heavy atom. The Morgan fingerprint density at radius 2 is 2.33 bits per heavy atom. The number of hydrogen-bond acceptors (Lipinski definition) is 5. The van der Waals surface area contributed by atoms with Gasteiger partial charge in [-0.2, -0.15) is 0 Å². The molecule has 1 heterocycles. The number of carbonyl (C=O) groups is 1. The highest BCUT2D eigenvalue weighted by atomic mass is 16.5. The molecule has 2 N–H and O–H groups in total. The molecule has 0 saturated carbocycles. The monoisotopic (exact) mass is 294 g/mol. The standard InChI is InChI=1S/C15H22N2O4/c1-20-14-5-3-2-4-12(14)8-16-15(19)10-17-6-7-21-13(9-17)11-18/h2-5,13,18H,6-11H2,1H3,(H,16,19). The van der Waals surface area contributed by atoms with Crippen LogP contribution in [-0.4, -0.2) is 62.0 Å². The summed E-state index contributed by atoms with van der Waals surface area (Å²) < 4.78 is 10.6. The van der Waals surface area contributed by atoms with E-state index in [9.17, 15) is 4.79 Å². The van der Waals surface area contributed by atoms with Crippen molar-refractivity contribution < 1.29 is 19.4 Å². The number of nitrogens with one attached hydrogen (secondary N) is 1. The summed E-state index contributed by atoms with van der Waals surface area (Å²) in [6, 6.07) is 7.61. The van der Waals surface area contributed by atoms with Gasteiger partial charge in [-0.25, -0.2) is 0 Å². The zero-order valence-corrected chi connectivity index (χ0v) is 12.2. The van der Waals surface area contributed by atoms with E-state index in [-0.39, 0.29) is 18.6 Å². The van der Waals surface area contributed by atoms with Crippen molar-refractivity contribution in [2.75, 3.05) is 40.0 Å². The molecular formula is C15H22N2O4. The minimum atomic E-state index is -0.194. The SMILES string of the molecule is COc1ccccc1CNC(=O)CN1CCOC(CO)C1. The van der Waals surface area contributed by atoms with Gasteiger partial charge in [-0.05, 0) is 6.07 Å². The number of benzene rings is 1. The minimum Gasteiger partial charge on any atom is -0.496 e. The van der Waals surface area contributed by atoms with E-state index in [1.54, 1.807) is 7.11 Å². The van der Waals surface area contributed by atoms with Crippen molar-refractivity contribution in [3.8, 4) is 5.75 Å². The second-order valence-electron chi connectivity index (χ2n) is 5.00. The summed E-state index contributed by atoms with van der Waals surface area (Å²) in [5, 5.41) is 12.0. The zero-order valence-electron chi connectivity index (χ0n) is 12.2. The number of ether oxygens (including phenoxy) is 2. The lowest BCUT2D eigenvalue weighted by molar-refractivity contribution is -0.125. The zero-order chi connectivity index (χ0) is 15.1. The van der Waals surface area contributed by atoms with Crippen LogP contribution in [0.15, 0.2) is 24.3 Å². The average Bonchev–Trinajstić information content (AvgIpc) is 2.53.